The van der Waals surface area contributed by atoms with Crippen molar-refractivity contribution in [2.45, 2.75) is 5.03 Å². The quantitative estimate of drug-likeness (QED) is 0.511. The van der Waals surface area contributed by atoms with Crippen molar-refractivity contribution in [1.29, 1.82) is 5.41 Å². The summed E-state index contributed by atoms with van der Waals surface area (Å²) in [6.45, 7) is -0.131. The third-order valence-corrected chi connectivity index (χ3v) is 3.72. The van der Waals surface area contributed by atoms with Gasteiger partial charge in [-0.15, -0.1) is 0 Å². The molecule has 0 aliphatic heterocycles. The van der Waals surface area contributed by atoms with Gasteiger partial charge in [-0.05, 0) is 6.07 Å². The molecule has 0 unspecified atom stereocenters. The highest BCUT2D eigenvalue weighted by Gasteiger charge is 2.23. The smallest absolute Gasteiger partial charge is 0.260 e. The van der Waals surface area contributed by atoms with E-state index in [4.69, 9.17) is 11.1 Å². The first kappa shape index (κ1) is 11.7. The van der Waals surface area contributed by atoms with Crippen molar-refractivity contribution in [3.8, 4) is 0 Å². The van der Waals surface area contributed by atoms with Gasteiger partial charge in [-0.2, -0.15) is 9.40 Å². The van der Waals surface area contributed by atoms with Crippen molar-refractivity contribution in [1.82, 2.24) is 14.1 Å². The van der Waals surface area contributed by atoms with E-state index in [9.17, 15) is 8.42 Å². The second-order valence-corrected chi connectivity index (χ2v) is 5.07. The molecule has 8 heteroatoms. The number of amidine groups is 1. The summed E-state index contributed by atoms with van der Waals surface area (Å²) in [6, 6.07) is 1.39. The number of nitrogens with one attached hydrogen (secondary N) is 1. The van der Waals surface area contributed by atoms with Crippen LogP contribution in [0.25, 0.3) is 0 Å². The molecule has 1 aromatic rings. The molecule has 0 spiro atoms. The summed E-state index contributed by atoms with van der Waals surface area (Å²) in [5.74, 6) is -0.205. The van der Waals surface area contributed by atoms with Gasteiger partial charge >= 0.3 is 0 Å². The third-order valence-electron chi connectivity index (χ3n) is 1.84. The highest BCUT2D eigenvalue weighted by atomic mass is 32.2. The molecule has 0 aliphatic carbocycles. The van der Waals surface area contributed by atoms with Crippen LogP contribution in [-0.2, 0) is 17.1 Å². The molecule has 15 heavy (non-hydrogen) atoms. The molecule has 1 heterocycles. The number of likely N-dealkylation sites (N-methyl/N-ethyl adjacent to an activating group) is 1. The lowest BCUT2D eigenvalue weighted by Crippen LogP contribution is -2.35. The SMILES string of the molecule is CN(CC(=N)N)S(=O)(=O)c1ccnn1C. The molecule has 0 amide bonds. The first-order valence-electron chi connectivity index (χ1n) is 4.13. The molecule has 1 rings (SSSR count). The van der Waals surface area contributed by atoms with Crippen LogP contribution in [0, 0.1) is 5.41 Å². The summed E-state index contributed by atoms with van der Waals surface area (Å²) in [4.78, 5) is 0. The lowest BCUT2D eigenvalue weighted by atomic mass is 10.6. The molecule has 0 fully saturated rings. The molecule has 0 aromatic carbocycles. The van der Waals surface area contributed by atoms with Gasteiger partial charge in [-0.3, -0.25) is 10.1 Å². The number of nitrogens with zero attached hydrogens (tertiary/aromatic N) is 3. The number of rotatable bonds is 4. The summed E-state index contributed by atoms with van der Waals surface area (Å²) >= 11 is 0. The van der Waals surface area contributed by atoms with Crippen molar-refractivity contribution >= 4 is 15.9 Å². The highest BCUT2D eigenvalue weighted by molar-refractivity contribution is 7.89. The number of aromatic nitrogens is 2. The average molecular weight is 231 g/mol. The Morgan fingerprint density at radius 2 is 2.33 bits per heavy atom. The van der Waals surface area contributed by atoms with Crippen molar-refractivity contribution in [3.05, 3.63) is 12.3 Å². The number of nitrogens with two attached hydrogens (primary N) is 1. The van der Waals surface area contributed by atoms with E-state index in [-0.39, 0.29) is 17.4 Å². The lowest BCUT2D eigenvalue weighted by Gasteiger charge is -2.15. The van der Waals surface area contributed by atoms with Crippen molar-refractivity contribution < 1.29 is 8.42 Å². The number of hydrogen-bond donors (Lipinski definition) is 2. The maximum atomic E-state index is 11.9. The summed E-state index contributed by atoms with van der Waals surface area (Å²) in [5.41, 5.74) is 5.14. The van der Waals surface area contributed by atoms with E-state index in [1.807, 2.05) is 0 Å². The molecule has 0 saturated heterocycles. The Hall–Kier alpha value is -1.41. The zero-order valence-electron chi connectivity index (χ0n) is 8.51. The normalized spacial score (nSPS) is 11.9. The summed E-state index contributed by atoms with van der Waals surface area (Å²) in [7, 11) is -0.707. The van der Waals surface area contributed by atoms with E-state index in [1.165, 1.54) is 31.0 Å². The minimum Gasteiger partial charge on any atom is -0.387 e. The van der Waals surface area contributed by atoms with Gasteiger partial charge in [0.15, 0.2) is 5.03 Å². The third kappa shape index (κ3) is 2.34. The van der Waals surface area contributed by atoms with Gasteiger partial charge < -0.3 is 5.73 Å². The molecule has 0 saturated carbocycles. The van der Waals surface area contributed by atoms with Crippen molar-refractivity contribution in [3.63, 3.8) is 0 Å². The second kappa shape index (κ2) is 3.99. The Morgan fingerprint density at radius 3 is 2.73 bits per heavy atom. The van der Waals surface area contributed by atoms with E-state index >= 15 is 0 Å². The Balaban J connectivity index is 3.04. The average Bonchev–Trinajstić information content (AvgIpc) is 2.50. The maximum absolute atomic E-state index is 11.9. The fraction of sp³-hybridized carbons (Fsp3) is 0.429. The Kier molecular flexibility index (Phi) is 3.10. The van der Waals surface area contributed by atoms with Gasteiger partial charge in [-0.1, -0.05) is 0 Å². The number of hydrogen-bond acceptors (Lipinski definition) is 4. The Labute approximate surface area is 88.0 Å². The van der Waals surface area contributed by atoms with Crippen LogP contribution in [0.15, 0.2) is 17.3 Å². The van der Waals surface area contributed by atoms with E-state index < -0.39 is 10.0 Å². The molecule has 0 atom stereocenters. The molecule has 0 radical (unpaired) electrons. The Bertz CT molecular complexity index is 463. The predicted octanol–water partition coefficient (Wildman–Crippen LogP) is -1.02. The first-order valence-corrected chi connectivity index (χ1v) is 5.57. The molecule has 0 aliphatic rings. The van der Waals surface area contributed by atoms with Crippen molar-refractivity contribution in [2.24, 2.45) is 12.8 Å². The molecular weight excluding hydrogens is 218 g/mol. The van der Waals surface area contributed by atoms with E-state index in [1.54, 1.807) is 0 Å². The molecule has 7 nitrogen and oxygen atoms in total. The van der Waals surface area contributed by atoms with Crippen molar-refractivity contribution in [2.75, 3.05) is 13.6 Å². The van der Waals surface area contributed by atoms with Crippen LogP contribution in [-0.4, -0.2) is 41.9 Å². The topological polar surface area (TPSA) is 105 Å². The highest BCUT2D eigenvalue weighted by Crippen LogP contribution is 2.11. The first-order chi connectivity index (χ1) is 6.85. The summed E-state index contributed by atoms with van der Waals surface area (Å²) in [6.07, 6.45) is 1.40. The van der Waals surface area contributed by atoms with E-state index in [0.717, 1.165) is 4.31 Å². The Morgan fingerprint density at radius 1 is 1.73 bits per heavy atom. The molecule has 1 aromatic heterocycles. The lowest BCUT2D eigenvalue weighted by molar-refractivity contribution is 0.492. The summed E-state index contributed by atoms with van der Waals surface area (Å²) < 4.78 is 26.0. The van der Waals surface area contributed by atoms with Crippen LogP contribution in [0.2, 0.25) is 0 Å². The van der Waals surface area contributed by atoms with Crippen LogP contribution in [0.1, 0.15) is 0 Å². The standard InChI is InChI=1S/C7H13N5O2S/c1-11(5-6(8)9)15(13,14)7-3-4-10-12(7)2/h3-4H,5H2,1-2H3,(H3,8,9). The van der Waals surface area contributed by atoms with Crippen LogP contribution in [0.3, 0.4) is 0 Å². The van der Waals surface area contributed by atoms with E-state index in [2.05, 4.69) is 5.10 Å². The fourth-order valence-electron chi connectivity index (χ4n) is 1.10. The van der Waals surface area contributed by atoms with Crippen LogP contribution in [0.5, 0.6) is 0 Å². The van der Waals surface area contributed by atoms with Crippen LogP contribution >= 0.6 is 0 Å². The molecule has 0 bridgehead atoms. The molecular formula is C7H13N5O2S. The molecule has 3 N–H and O–H groups in total. The molecule has 84 valence electrons. The van der Waals surface area contributed by atoms with Crippen LogP contribution < -0.4 is 5.73 Å². The van der Waals surface area contributed by atoms with Gasteiger partial charge in [0.05, 0.1) is 12.7 Å². The summed E-state index contributed by atoms with van der Waals surface area (Å²) in [5, 5.41) is 10.9. The monoisotopic (exact) mass is 231 g/mol. The van der Waals surface area contributed by atoms with E-state index in [0.29, 0.717) is 0 Å². The largest absolute Gasteiger partial charge is 0.387 e. The van der Waals surface area contributed by atoms with Gasteiger partial charge in [-0.25, -0.2) is 8.42 Å². The van der Waals surface area contributed by atoms with Gasteiger partial charge in [0, 0.05) is 14.1 Å². The zero-order chi connectivity index (χ0) is 11.6. The van der Waals surface area contributed by atoms with Gasteiger partial charge in [0.1, 0.15) is 5.84 Å². The number of sulfonamides is 1. The predicted molar refractivity (Wildman–Crippen MR) is 54.9 cm³/mol. The van der Waals surface area contributed by atoms with Gasteiger partial charge in [0.25, 0.3) is 10.0 Å². The fourth-order valence-corrected chi connectivity index (χ4v) is 2.34. The van der Waals surface area contributed by atoms with Gasteiger partial charge in [0.2, 0.25) is 0 Å². The second-order valence-electron chi connectivity index (χ2n) is 3.08. The maximum Gasteiger partial charge on any atom is 0.260 e. The zero-order valence-corrected chi connectivity index (χ0v) is 9.32. The minimum atomic E-state index is -3.61. The van der Waals surface area contributed by atoms with Crippen LogP contribution in [0.4, 0.5) is 0 Å². The number of aryl methyl sites for hydroxylation is 1. The minimum absolute atomic E-state index is 0.0752.